The molecule has 0 atom stereocenters. The summed E-state index contributed by atoms with van der Waals surface area (Å²) in [6.07, 6.45) is -0.229. The van der Waals surface area contributed by atoms with E-state index in [4.69, 9.17) is 31.2 Å². The molecule has 0 bridgehead atoms. The lowest BCUT2D eigenvalue weighted by Gasteiger charge is -2.24. The Morgan fingerprint density at radius 1 is 1.33 bits per heavy atom. The molecule has 0 spiro atoms. The second-order valence-corrected chi connectivity index (χ2v) is 4.93. The zero-order chi connectivity index (χ0) is 15.2. The Kier molecular flexibility index (Phi) is 5.60. The molecule has 1 fully saturated rings. The minimum atomic E-state index is -0.229. The summed E-state index contributed by atoms with van der Waals surface area (Å²) >= 11 is 5.38. The summed E-state index contributed by atoms with van der Waals surface area (Å²) in [4.78, 5) is 1.87. The first-order chi connectivity index (χ1) is 10.1. The Morgan fingerprint density at radius 3 is 2.67 bits per heavy atom. The van der Waals surface area contributed by atoms with Crippen LogP contribution in [-0.4, -0.2) is 57.3 Å². The van der Waals surface area contributed by atoms with Crippen LogP contribution in [0.2, 0.25) is 0 Å². The van der Waals surface area contributed by atoms with Crippen LogP contribution >= 0.6 is 12.2 Å². The SMILES string of the molecule is COc1ccc(NC(=S)N(C)CC2OCCO2)c(OC)c1. The van der Waals surface area contributed by atoms with E-state index in [1.54, 1.807) is 20.3 Å². The van der Waals surface area contributed by atoms with Crippen molar-refractivity contribution in [3.8, 4) is 11.5 Å². The highest BCUT2D eigenvalue weighted by molar-refractivity contribution is 7.80. The number of nitrogens with one attached hydrogen (secondary N) is 1. The summed E-state index contributed by atoms with van der Waals surface area (Å²) < 4.78 is 21.3. The lowest BCUT2D eigenvalue weighted by Crippen LogP contribution is -2.37. The van der Waals surface area contributed by atoms with E-state index < -0.39 is 0 Å². The summed E-state index contributed by atoms with van der Waals surface area (Å²) in [7, 11) is 5.10. The van der Waals surface area contributed by atoms with Crippen molar-refractivity contribution in [1.82, 2.24) is 4.90 Å². The van der Waals surface area contributed by atoms with Gasteiger partial charge in [0.2, 0.25) is 0 Å². The second-order valence-electron chi connectivity index (χ2n) is 4.55. The van der Waals surface area contributed by atoms with E-state index in [9.17, 15) is 0 Å². The average molecular weight is 312 g/mol. The third kappa shape index (κ3) is 4.20. The standard InChI is InChI=1S/C14H20N2O4S/c1-16(9-13-19-6-7-20-13)14(21)15-11-5-4-10(17-2)8-12(11)18-3/h4-5,8,13H,6-7,9H2,1-3H3,(H,15,21). The average Bonchev–Trinajstić information content (AvgIpc) is 3.00. The minimum Gasteiger partial charge on any atom is -0.497 e. The van der Waals surface area contributed by atoms with Gasteiger partial charge in [0, 0.05) is 13.1 Å². The predicted molar refractivity (Wildman–Crippen MR) is 84.1 cm³/mol. The fourth-order valence-corrected chi connectivity index (χ4v) is 2.12. The van der Waals surface area contributed by atoms with Gasteiger partial charge in [0.25, 0.3) is 0 Å². The van der Waals surface area contributed by atoms with Crippen molar-refractivity contribution in [3.63, 3.8) is 0 Å². The summed E-state index contributed by atoms with van der Waals surface area (Å²) in [6.45, 7) is 1.83. The normalized spacial score (nSPS) is 14.8. The third-order valence-electron chi connectivity index (χ3n) is 3.11. The van der Waals surface area contributed by atoms with Crippen molar-refractivity contribution in [2.24, 2.45) is 0 Å². The maximum atomic E-state index is 5.41. The molecular formula is C14H20N2O4S. The van der Waals surface area contributed by atoms with E-state index in [0.29, 0.717) is 30.6 Å². The summed E-state index contributed by atoms with van der Waals surface area (Å²) in [5.74, 6) is 1.39. The van der Waals surface area contributed by atoms with Gasteiger partial charge in [0.15, 0.2) is 11.4 Å². The van der Waals surface area contributed by atoms with Crippen LogP contribution in [0.1, 0.15) is 0 Å². The molecule has 1 aromatic rings. The zero-order valence-corrected chi connectivity index (χ0v) is 13.2. The van der Waals surface area contributed by atoms with Crippen LogP contribution in [0.3, 0.4) is 0 Å². The molecule has 0 radical (unpaired) electrons. The minimum absolute atomic E-state index is 0.229. The van der Waals surface area contributed by atoms with Crippen molar-refractivity contribution in [3.05, 3.63) is 18.2 Å². The monoisotopic (exact) mass is 312 g/mol. The van der Waals surface area contributed by atoms with Gasteiger partial charge in [0.1, 0.15) is 11.5 Å². The number of hydrogen-bond acceptors (Lipinski definition) is 5. The third-order valence-corrected chi connectivity index (χ3v) is 3.52. The number of rotatable bonds is 5. The van der Waals surface area contributed by atoms with Crippen molar-refractivity contribution < 1.29 is 18.9 Å². The van der Waals surface area contributed by atoms with E-state index in [2.05, 4.69) is 5.32 Å². The topological polar surface area (TPSA) is 52.2 Å². The molecule has 21 heavy (non-hydrogen) atoms. The molecule has 0 aromatic heterocycles. The molecule has 0 unspecified atom stereocenters. The lowest BCUT2D eigenvalue weighted by atomic mass is 10.2. The Bertz CT molecular complexity index is 492. The van der Waals surface area contributed by atoms with E-state index in [-0.39, 0.29) is 6.29 Å². The molecule has 2 rings (SSSR count). The first-order valence-corrected chi connectivity index (χ1v) is 7.02. The Hall–Kier alpha value is -1.57. The van der Waals surface area contributed by atoms with Crippen LogP contribution in [-0.2, 0) is 9.47 Å². The molecule has 1 aliphatic heterocycles. The van der Waals surface area contributed by atoms with Crippen LogP contribution in [0.25, 0.3) is 0 Å². The Labute approximate surface area is 129 Å². The molecule has 1 N–H and O–H groups in total. The van der Waals surface area contributed by atoms with Gasteiger partial charge >= 0.3 is 0 Å². The van der Waals surface area contributed by atoms with Gasteiger partial charge in [-0.2, -0.15) is 0 Å². The molecule has 1 aliphatic rings. The first kappa shape index (κ1) is 15.8. The van der Waals surface area contributed by atoms with Gasteiger partial charge in [-0.25, -0.2) is 0 Å². The van der Waals surface area contributed by atoms with E-state index in [1.807, 2.05) is 24.1 Å². The van der Waals surface area contributed by atoms with Gasteiger partial charge in [-0.05, 0) is 24.4 Å². The summed E-state index contributed by atoms with van der Waals surface area (Å²) in [6, 6.07) is 5.51. The number of benzene rings is 1. The fraction of sp³-hybridized carbons (Fsp3) is 0.500. The van der Waals surface area contributed by atoms with Crippen LogP contribution in [0.15, 0.2) is 18.2 Å². The molecule has 6 nitrogen and oxygen atoms in total. The van der Waals surface area contributed by atoms with Crippen LogP contribution in [0, 0.1) is 0 Å². The number of nitrogens with zero attached hydrogens (tertiary/aromatic N) is 1. The van der Waals surface area contributed by atoms with Crippen LogP contribution in [0.4, 0.5) is 5.69 Å². The van der Waals surface area contributed by atoms with Gasteiger partial charge in [0.05, 0.1) is 39.7 Å². The van der Waals surface area contributed by atoms with Crippen molar-refractivity contribution in [1.29, 1.82) is 0 Å². The number of anilines is 1. The first-order valence-electron chi connectivity index (χ1n) is 6.61. The quantitative estimate of drug-likeness (QED) is 0.831. The molecule has 116 valence electrons. The van der Waals surface area contributed by atoms with Crippen molar-refractivity contribution >= 4 is 23.0 Å². The number of thiocarbonyl (C=S) groups is 1. The maximum Gasteiger partial charge on any atom is 0.175 e. The molecule has 0 saturated carbocycles. The van der Waals surface area contributed by atoms with Gasteiger partial charge in [-0.3, -0.25) is 0 Å². The Morgan fingerprint density at radius 2 is 2.05 bits per heavy atom. The van der Waals surface area contributed by atoms with Crippen molar-refractivity contribution in [2.75, 3.05) is 46.3 Å². The summed E-state index contributed by atoms with van der Waals surface area (Å²) in [5.41, 5.74) is 0.781. The smallest absolute Gasteiger partial charge is 0.175 e. The van der Waals surface area contributed by atoms with Crippen LogP contribution in [0.5, 0.6) is 11.5 Å². The molecule has 1 aromatic carbocycles. The van der Waals surface area contributed by atoms with Gasteiger partial charge in [-0.1, -0.05) is 0 Å². The van der Waals surface area contributed by atoms with Gasteiger partial charge in [-0.15, -0.1) is 0 Å². The van der Waals surface area contributed by atoms with E-state index >= 15 is 0 Å². The molecule has 7 heteroatoms. The number of likely N-dealkylation sites (N-methyl/N-ethyl adjacent to an activating group) is 1. The highest BCUT2D eigenvalue weighted by Gasteiger charge is 2.19. The molecule has 0 aliphatic carbocycles. The molecule has 1 saturated heterocycles. The number of methoxy groups -OCH3 is 2. The molecule has 1 heterocycles. The van der Waals surface area contributed by atoms with Gasteiger partial charge < -0.3 is 29.2 Å². The molecular weight excluding hydrogens is 292 g/mol. The zero-order valence-electron chi connectivity index (χ0n) is 12.4. The number of ether oxygens (including phenoxy) is 4. The highest BCUT2D eigenvalue weighted by atomic mass is 32.1. The van der Waals surface area contributed by atoms with E-state index in [0.717, 1.165) is 11.4 Å². The van der Waals surface area contributed by atoms with E-state index in [1.165, 1.54) is 0 Å². The summed E-state index contributed by atoms with van der Waals surface area (Å²) in [5, 5.41) is 3.72. The van der Waals surface area contributed by atoms with Crippen LogP contribution < -0.4 is 14.8 Å². The molecule has 0 amide bonds. The largest absolute Gasteiger partial charge is 0.497 e. The van der Waals surface area contributed by atoms with Crippen molar-refractivity contribution in [2.45, 2.75) is 6.29 Å². The lowest BCUT2D eigenvalue weighted by molar-refractivity contribution is -0.0495. The Balaban J connectivity index is 1.97. The predicted octanol–water partition coefficient (Wildman–Crippen LogP) is 1.71. The highest BCUT2D eigenvalue weighted by Crippen LogP contribution is 2.29. The fourth-order valence-electron chi connectivity index (χ4n) is 1.93. The maximum absolute atomic E-state index is 5.41. The second kappa shape index (κ2) is 7.44. The number of hydrogen-bond donors (Lipinski definition) is 1.